The van der Waals surface area contributed by atoms with Gasteiger partial charge in [0.05, 0.1) is 22.1 Å². The van der Waals surface area contributed by atoms with E-state index in [0.717, 1.165) is 22.5 Å². The van der Waals surface area contributed by atoms with Crippen LogP contribution >= 0.6 is 15.9 Å². The number of hydrogen-bond acceptors (Lipinski definition) is 5. The van der Waals surface area contributed by atoms with Gasteiger partial charge in [0.1, 0.15) is 5.82 Å². The van der Waals surface area contributed by atoms with Gasteiger partial charge in [-0.15, -0.1) is 0 Å². The van der Waals surface area contributed by atoms with E-state index in [1.807, 2.05) is 0 Å². The van der Waals surface area contributed by atoms with Gasteiger partial charge in [-0.05, 0) is 30.3 Å². The molecule has 8 nitrogen and oxygen atoms in total. The Morgan fingerprint density at radius 2 is 1.88 bits per heavy atom. The predicted octanol–water partition coefficient (Wildman–Crippen LogP) is 2.76. The number of nitrogens with zero attached hydrogens (tertiary/aromatic N) is 2. The Morgan fingerprint density at radius 3 is 2.46 bits per heavy atom. The summed E-state index contributed by atoms with van der Waals surface area (Å²) < 4.78 is 40.0. The van der Waals surface area contributed by atoms with Gasteiger partial charge in [0.2, 0.25) is 15.9 Å². The van der Waals surface area contributed by atoms with E-state index in [1.54, 1.807) is 12.1 Å². The largest absolute Gasteiger partial charge is 0.322 e. The third kappa shape index (κ3) is 4.62. The maximum atomic E-state index is 13.7. The van der Waals surface area contributed by atoms with Crippen molar-refractivity contribution in [2.24, 2.45) is 0 Å². The molecule has 0 aliphatic carbocycles. The van der Waals surface area contributed by atoms with E-state index in [1.165, 1.54) is 19.2 Å². The highest BCUT2D eigenvalue weighted by Crippen LogP contribution is 2.22. The molecule has 0 fully saturated rings. The van der Waals surface area contributed by atoms with E-state index < -0.39 is 44.6 Å². The van der Waals surface area contributed by atoms with E-state index in [2.05, 4.69) is 21.2 Å². The summed E-state index contributed by atoms with van der Waals surface area (Å²) in [6, 6.07) is 8.47. The number of nitro groups is 1. The summed E-state index contributed by atoms with van der Waals surface area (Å²) in [6.07, 6.45) is 0. The maximum absolute atomic E-state index is 13.7. The second-order valence-corrected chi connectivity index (χ2v) is 8.14. The minimum Gasteiger partial charge on any atom is -0.322 e. The number of sulfonamides is 1. The van der Waals surface area contributed by atoms with Crippen LogP contribution in [0.4, 0.5) is 15.8 Å². The molecule has 0 aromatic heterocycles. The van der Waals surface area contributed by atoms with Crippen LogP contribution in [0.5, 0.6) is 0 Å². The number of amides is 1. The molecule has 2 aromatic rings. The molecule has 138 valence electrons. The number of anilines is 1. The first kappa shape index (κ1) is 19.9. The van der Waals surface area contributed by atoms with Crippen LogP contribution in [0, 0.1) is 15.9 Å². The third-order valence-corrected chi connectivity index (χ3v) is 5.67. The summed E-state index contributed by atoms with van der Waals surface area (Å²) in [5, 5.41) is 12.9. The molecule has 0 unspecified atom stereocenters. The summed E-state index contributed by atoms with van der Waals surface area (Å²) in [5.41, 5.74) is -0.809. The smallest absolute Gasteiger partial charge is 0.271 e. The lowest BCUT2D eigenvalue weighted by Gasteiger charge is -2.17. The zero-order chi connectivity index (χ0) is 19.5. The van der Waals surface area contributed by atoms with Gasteiger partial charge in [0, 0.05) is 23.7 Å². The molecule has 0 aliphatic heterocycles. The molecule has 0 saturated carbocycles. The molecule has 26 heavy (non-hydrogen) atoms. The molecule has 1 N–H and O–H groups in total. The third-order valence-electron chi connectivity index (χ3n) is 3.32. The Morgan fingerprint density at radius 1 is 1.27 bits per heavy atom. The van der Waals surface area contributed by atoms with Crippen molar-refractivity contribution < 1.29 is 22.5 Å². The zero-order valence-electron chi connectivity index (χ0n) is 13.3. The summed E-state index contributed by atoms with van der Waals surface area (Å²) in [5.74, 6) is -1.71. The van der Waals surface area contributed by atoms with Crippen molar-refractivity contribution in [1.82, 2.24) is 4.31 Å². The van der Waals surface area contributed by atoms with Crippen molar-refractivity contribution in [3.8, 4) is 0 Å². The van der Waals surface area contributed by atoms with Crippen molar-refractivity contribution in [2.45, 2.75) is 4.90 Å². The van der Waals surface area contributed by atoms with Gasteiger partial charge in [-0.3, -0.25) is 14.9 Å². The summed E-state index contributed by atoms with van der Waals surface area (Å²) in [4.78, 5) is 22.0. The average Bonchev–Trinajstić information content (AvgIpc) is 2.56. The second kappa shape index (κ2) is 7.89. The SMILES string of the molecule is CN(CC(=O)Nc1cc([N+](=O)[O-])ccc1F)S(=O)(=O)c1ccc(Br)cc1. The quantitative estimate of drug-likeness (QED) is 0.542. The van der Waals surface area contributed by atoms with E-state index in [9.17, 15) is 27.7 Å². The van der Waals surface area contributed by atoms with Gasteiger partial charge >= 0.3 is 0 Å². The van der Waals surface area contributed by atoms with Gasteiger partial charge in [-0.1, -0.05) is 15.9 Å². The monoisotopic (exact) mass is 445 g/mol. The molecule has 0 saturated heterocycles. The number of nitrogens with one attached hydrogen (secondary N) is 1. The fraction of sp³-hybridized carbons (Fsp3) is 0.133. The normalized spacial score (nSPS) is 11.4. The topological polar surface area (TPSA) is 110 Å². The predicted molar refractivity (Wildman–Crippen MR) is 95.6 cm³/mol. The number of carbonyl (C=O) groups excluding carboxylic acids is 1. The number of halogens is 2. The molecule has 0 heterocycles. The number of carbonyl (C=O) groups is 1. The van der Waals surface area contributed by atoms with E-state index in [0.29, 0.717) is 4.47 Å². The minimum absolute atomic E-state index is 0.0162. The zero-order valence-corrected chi connectivity index (χ0v) is 15.8. The Labute approximate surface area is 157 Å². The van der Waals surface area contributed by atoms with Gasteiger partial charge in [0.15, 0.2) is 0 Å². The number of non-ortho nitro benzene ring substituents is 1. The van der Waals surface area contributed by atoms with Crippen molar-refractivity contribution in [1.29, 1.82) is 0 Å². The van der Waals surface area contributed by atoms with Gasteiger partial charge in [-0.2, -0.15) is 4.31 Å². The van der Waals surface area contributed by atoms with Gasteiger partial charge in [-0.25, -0.2) is 12.8 Å². The lowest BCUT2D eigenvalue weighted by Crippen LogP contribution is -2.35. The first-order valence-corrected chi connectivity index (χ1v) is 9.30. The Hall–Kier alpha value is -2.37. The fourth-order valence-electron chi connectivity index (χ4n) is 1.99. The first-order chi connectivity index (χ1) is 12.1. The molecular formula is C15H13BrFN3O5S. The minimum atomic E-state index is -3.93. The fourth-order valence-corrected chi connectivity index (χ4v) is 3.38. The van der Waals surface area contributed by atoms with Gasteiger partial charge in [0.25, 0.3) is 5.69 Å². The van der Waals surface area contributed by atoms with Crippen LogP contribution in [0.1, 0.15) is 0 Å². The summed E-state index contributed by atoms with van der Waals surface area (Å²) in [7, 11) is -2.73. The first-order valence-electron chi connectivity index (χ1n) is 7.07. The summed E-state index contributed by atoms with van der Waals surface area (Å²) >= 11 is 3.19. The molecule has 0 atom stereocenters. The number of rotatable bonds is 6. The Balaban J connectivity index is 2.13. The van der Waals surface area contributed by atoms with Crippen LogP contribution in [-0.2, 0) is 14.8 Å². The Kier molecular flexibility index (Phi) is 6.05. The van der Waals surface area contributed by atoms with Crippen molar-refractivity contribution in [2.75, 3.05) is 18.9 Å². The van der Waals surface area contributed by atoms with E-state index in [4.69, 9.17) is 0 Å². The lowest BCUT2D eigenvalue weighted by molar-refractivity contribution is -0.384. The average molecular weight is 446 g/mol. The Bertz CT molecular complexity index is 950. The molecule has 0 spiro atoms. The second-order valence-electron chi connectivity index (χ2n) is 5.18. The van der Waals surface area contributed by atoms with Crippen LogP contribution in [0.2, 0.25) is 0 Å². The van der Waals surface area contributed by atoms with E-state index >= 15 is 0 Å². The molecule has 11 heteroatoms. The van der Waals surface area contributed by atoms with Crippen LogP contribution in [0.25, 0.3) is 0 Å². The molecule has 2 aromatic carbocycles. The van der Waals surface area contributed by atoms with Crippen LogP contribution in [-0.4, -0.2) is 37.1 Å². The number of likely N-dealkylation sites (N-methyl/N-ethyl adjacent to an activating group) is 1. The van der Waals surface area contributed by atoms with Crippen molar-refractivity contribution >= 4 is 43.2 Å². The molecule has 0 bridgehead atoms. The van der Waals surface area contributed by atoms with Crippen LogP contribution < -0.4 is 5.32 Å². The molecule has 2 rings (SSSR count). The molecule has 0 aliphatic rings. The number of benzene rings is 2. The summed E-state index contributed by atoms with van der Waals surface area (Å²) in [6.45, 7) is -0.597. The number of nitro benzene ring substituents is 1. The number of hydrogen-bond donors (Lipinski definition) is 1. The molecule has 0 radical (unpaired) electrons. The lowest BCUT2D eigenvalue weighted by atomic mass is 10.2. The highest BCUT2D eigenvalue weighted by Gasteiger charge is 2.23. The maximum Gasteiger partial charge on any atom is 0.271 e. The highest BCUT2D eigenvalue weighted by molar-refractivity contribution is 9.10. The standard InChI is InChI=1S/C15H13BrFN3O5S/c1-19(26(24,25)12-5-2-10(16)3-6-12)9-15(21)18-14-8-11(20(22)23)4-7-13(14)17/h2-8H,9H2,1H3,(H,18,21). The van der Waals surface area contributed by atoms with Crippen LogP contribution in [0.15, 0.2) is 51.8 Å². The molecule has 1 amide bonds. The van der Waals surface area contributed by atoms with Crippen molar-refractivity contribution in [3.63, 3.8) is 0 Å². The van der Waals surface area contributed by atoms with Gasteiger partial charge < -0.3 is 5.32 Å². The van der Waals surface area contributed by atoms with Crippen molar-refractivity contribution in [3.05, 3.63) is 62.9 Å². The van der Waals surface area contributed by atoms with E-state index in [-0.39, 0.29) is 4.90 Å². The highest BCUT2D eigenvalue weighted by atomic mass is 79.9. The molecular weight excluding hydrogens is 433 g/mol. The van der Waals surface area contributed by atoms with Crippen LogP contribution in [0.3, 0.4) is 0 Å².